The Labute approximate surface area is 124 Å². The second kappa shape index (κ2) is 5.88. The van der Waals surface area contributed by atoms with E-state index in [1.807, 2.05) is 0 Å². The molecule has 1 heterocycles. The van der Waals surface area contributed by atoms with Crippen LogP contribution in [0.15, 0.2) is 24.3 Å². The van der Waals surface area contributed by atoms with Crippen LogP contribution in [-0.2, 0) is 0 Å². The Kier molecular flexibility index (Phi) is 4.67. The van der Waals surface area contributed by atoms with E-state index in [2.05, 4.69) is 77.8 Å². The van der Waals surface area contributed by atoms with Crippen LogP contribution in [0, 0.1) is 8.99 Å². The quantitative estimate of drug-likeness (QED) is 0.817. The van der Waals surface area contributed by atoms with Gasteiger partial charge >= 0.3 is 0 Å². The van der Waals surface area contributed by atoms with Crippen molar-refractivity contribution in [1.29, 1.82) is 0 Å². The smallest absolute Gasteiger partial charge is 0.0397 e. The summed E-state index contributed by atoms with van der Waals surface area (Å²) in [6.07, 6.45) is 0. The van der Waals surface area contributed by atoms with Crippen LogP contribution in [0.3, 0.4) is 0 Å². The van der Waals surface area contributed by atoms with Crippen molar-refractivity contribution in [3.63, 3.8) is 0 Å². The van der Waals surface area contributed by atoms with Crippen molar-refractivity contribution in [2.75, 3.05) is 26.2 Å². The molecule has 1 aromatic carbocycles. The highest BCUT2D eigenvalue weighted by Crippen LogP contribution is 2.38. The number of benzene rings is 1. The van der Waals surface area contributed by atoms with Gasteiger partial charge in [0.15, 0.2) is 0 Å². The SMILES string of the molecule is CC(C)(C)[C@H](c1ccc(I)cc1)N1CCNCC1. The van der Waals surface area contributed by atoms with Crippen LogP contribution < -0.4 is 5.32 Å². The predicted octanol–water partition coefficient (Wildman–Crippen LogP) is 3.28. The molecule has 1 atom stereocenters. The van der Waals surface area contributed by atoms with E-state index in [9.17, 15) is 0 Å². The van der Waals surface area contributed by atoms with Gasteiger partial charge < -0.3 is 5.32 Å². The Morgan fingerprint density at radius 2 is 1.67 bits per heavy atom. The maximum Gasteiger partial charge on any atom is 0.0397 e. The standard InChI is InChI=1S/C15H23IN2/c1-15(2,3)14(18-10-8-17-9-11-18)12-4-6-13(16)7-5-12/h4-7,14,17H,8-11H2,1-3H3/t14-/m0/s1. The number of hydrogen-bond acceptors (Lipinski definition) is 2. The third-order valence-corrected chi connectivity index (χ3v) is 4.24. The van der Waals surface area contributed by atoms with Crippen molar-refractivity contribution in [2.45, 2.75) is 26.8 Å². The second-order valence-corrected chi connectivity index (χ2v) is 7.35. The van der Waals surface area contributed by atoms with Gasteiger partial charge in [-0.25, -0.2) is 0 Å². The first-order chi connectivity index (χ1) is 8.48. The molecule has 2 nitrogen and oxygen atoms in total. The molecule has 1 N–H and O–H groups in total. The van der Waals surface area contributed by atoms with E-state index in [-0.39, 0.29) is 5.41 Å². The van der Waals surface area contributed by atoms with Gasteiger partial charge in [0, 0.05) is 35.8 Å². The summed E-state index contributed by atoms with van der Waals surface area (Å²) in [5.74, 6) is 0. The van der Waals surface area contributed by atoms with E-state index in [4.69, 9.17) is 0 Å². The summed E-state index contributed by atoms with van der Waals surface area (Å²) in [4.78, 5) is 2.62. The van der Waals surface area contributed by atoms with Crippen molar-refractivity contribution in [1.82, 2.24) is 10.2 Å². The summed E-state index contributed by atoms with van der Waals surface area (Å²) in [5.41, 5.74) is 1.72. The molecular weight excluding hydrogens is 335 g/mol. The normalized spacial score (nSPS) is 19.8. The third-order valence-electron chi connectivity index (χ3n) is 3.52. The van der Waals surface area contributed by atoms with Crippen LogP contribution in [-0.4, -0.2) is 31.1 Å². The third kappa shape index (κ3) is 3.45. The molecule has 1 fully saturated rings. The van der Waals surface area contributed by atoms with E-state index < -0.39 is 0 Å². The zero-order chi connectivity index (χ0) is 13.2. The molecule has 0 unspecified atom stereocenters. The highest BCUT2D eigenvalue weighted by atomic mass is 127. The molecule has 1 aliphatic rings. The number of hydrogen-bond donors (Lipinski definition) is 1. The minimum Gasteiger partial charge on any atom is -0.314 e. The minimum absolute atomic E-state index is 0.268. The fourth-order valence-corrected chi connectivity index (χ4v) is 3.20. The first-order valence-electron chi connectivity index (χ1n) is 6.69. The van der Waals surface area contributed by atoms with Crippen LogP contribution in [0.1, 0.15) is 32.4 Å². The Morgan fingerprint density at radius 1 is 1.11 bits per heavy atom. The van der Waals surface area contributed by atoms with Crippen molar-refractivity contribution in [3.05, 3.63) is 33.4 Å². The highest BCUT2D eigenvalue weighted by molar-refractivity contribution is 14.1. The molecule has 1 aromatic rings. The lowest BCUT2D eigenvalue weighted by atomic mass is 9.81. The van der Waals surface area contributed by atoms with Crippen LogP contribution in [0.5, 0.6) is 0 Å². The molecule has 0 aliphatic carbocycles. The van der Waals surface area contributed by atoms with Gasteiger partial charge in [0.1, 0.15) is 0 Å². The Bertz CT molecular complexity index is 374. The zero-order valence-corrected chi connectivity index (χ0v) is 13.7. The van der Waals surface area contributed by atoms with E-state index in [0.29, 0.717) is 6.04 Å². The molecule has 0 aromatic heterocycles. The van der Waals surface area contributed by atoms with Gasteiger partial charge in [0.2, 0.25) is 0 Å². The average molecular weight is 358 g/mol. The highest BCUT2D eigenvalue weighted by Gasteiger charge is 2.32. The van der Waals surface area contributed by atoms with Gasteiger partial charge in [0.05, 0.1) is 0 Å². The number of rotatable bonds is 2. The van der Waals surface area contributed by atoms with Crippen molar-refractivity contribution < 1.29 is 0 Å². The topological polar surface area (TPSA) is 15.3 Å². The summed E-state index contributed by atoms with van der Waals surface area (Å²) in [6.45, 7) is 11.5. The molecule has 0 spiro atoms. The van der Waals surface area contributed by atoms with Crippen molar-refractivity contribution in [3.8, 4) is 0 Å². The lowest BCUT2D eigenvalue weighted by Gasteiger charge is -2.42. The second-order valence-electron chi connectivity index (χ2n) is 6.11. The molecule has 1 saturated heterocycles. The maximum atomic E-state index is 3.44. The number of piperazine rings is 1. The van der Waals surface area contributed by atoms with E-state index >= 15 is 0 Å². The molecule has 100 valence electrons. The summed E-state index contributed by atoms with van der Waals surface area (Å²) < 4.78 is 1.31. The first-order valence-corrected chi connectivity index (χ1v) is 7.76. The Morgan fingerprint density at radius 3 is 2.17 bits per heavy atom. The van der Waals surface area contributed by atoms with Gasteiger partial charge in [-0.1, -0.05) is 32.9 Å². The number of nitrogens with zero attached hydrogens (tertiary/aromatic N) is 1. The molecule has 1 aliphatic heterocycles. The van der Waals surface area contributed by atoms with Gasteiger partial charge in [-0.3, -0.25) is 4.90 Å². The average Bonchev–Trinajstić information content (AvgIpc) is 2.32. The summed E-state index contributed by atoms with van der Waals surface area (Å²) in [7, 11) is 0. The summed E-state index contributed by atoms with van der Waals surface area (Å²) in [6, 6.07) is 9.53. The largest absolute Gasteiger partial charge is 0.314 e. The Hall–Kier alpha value is -0.130. The van der Waals surface area contributed by atoms with Gasteiger partial charge in [-0.05, 0) is 45.7 Å². The summed E-state index contributed by atoms with van der Waals surface area (Å²) >= 11 is 2.37. The molecule has 0 amide bonds. The van der Waals surface area contributed by atoms with Crippen LogP contribution in [0.2, 0.25) is 0 Å². The van der Waals surface area contributed by atoms with E-state index in [1.165, 1.54) is 9.13 Å². The van der Waals surface area contributed by atoms with Gasteiger partial charge in [-0.2, -0.15) is 0 Å². The summed E-state index contributed by atoms with van der Waals surface area (Å²) in [5, 5.41) is 3.44. The first kappa shape index (κ1) is 14.3. The Balaban J connectivity index is 2.27. The molecule has 18 heavy (non-hydrogen) atoms. The number of nitrogens with one attached hydrogen (secondary N) is 1. The molecule has 0 bridgehead atoms. The van der Waals surface area contributed by atoms with Gasteiger partial charge in [-0.15, -0.1) is 0 Å². The molecular formula is C15H23IN2. The molecule has 0 saturated carbocycles. The van der Waals surface area contributed by atoms with Crippen molar-refractivity contribution >= 4 is 22.6 Å². The zero-order valence-electron chi connectivity index (χ0n) is 11.5. The number of halogens is 1. The van der Waals surface area contributed by atoms with Crippen LogP contribution in [0.4, 0.5) is 0 Å². The molecule has 2 rings (SSSR count). The lowest BCUT2D eigenvalue weighted by molar-refractivity contribution is 0.0862. The fraction of sp³-hybridized carbons (Fsp3) is 0.600. The van der Waals surface area contributed by atoms with Crippen molar-refractivity contribution in [2.24, 2.45) is 5.41 Å². The van der Waals surface area contributed by atoms with Crippen LogP contribution >= 0.6 is 22.6 Å². The van der Waals surface area contributed by atoms with E-state index in [1.54, 1.807) is 0 Å². The minimum atomic E-state index is 0.268. The predicted molar refractivity (Wildman–Crippen MR) is 85.8 cm³/mol. The molecule has 3 heteroatoms. The maximum absolute atomic E-state index is 3.44. The molecule has 0 radical (unpaired) electrons. The monoisotopic (exact) mass is 358 g/mol. The van der Waals surface area contributed by atoms with E-state index in [0.717, 1.165) is 26.2 Å². The lowest BCUT2D eigenvalue weighted by Crippen LogP contribution is -2.48. The van der Waals surface area contributed by atoms with Crippen LogP contribution in [0.25, 0.3) is 0 Å². The fourth-order valence-electron chi connectivity index (χ4n) is 2.84. The van der Waals surface area contributed by atoms with Gasteiger partial charge in [0.25, 0.3) is 0 Å².